The van der Waals surface area contributed by atoms with Gasteiger partial charge in [0.1, 0.15) is 0 Å². The van der Waals surface area contributed by atoms with Gasteiger partial charge in [-0.05, 0) is 66.1 Å². The molecule has 31 heavy (non-hydrogen) atoms. The largest absolute Gasteiger partial charge is 0.399 e. The Kier molecular flexibility index (Phi) is 5.54. The smallest absolute Gasteiger partial charge is 0.348 e. The van der Waals surface area contributed by atoms with E-state index in [0.29, 0.717) is 30.0 Å². The van der Waals surface area contributed by atoms with E-state index in [1.807, 2.05) is 73.7 Å². The molecular formula is C25H24N4O2. The van der Waals surface area contributed by atoms with Crippen LogP contribution in [-0.4, -0.2) is 22.0 Å². The van der Waals surface area contributed by atoms with Crippen molar-refractivity contribution in [1.82, 2.24) is 14.9 Å². The minimum atomic E-state index is -0.300. The number of carbonyl (C=O) groups is 1. The summed E-state index contributed by atoms with van der Waals surface area (Å²) in [5.41, 5.74) is 10.5. The van der Waals surface area contributed by atoms with Gasteiger partial charge in [-0.3, -0.25) is 9.36 Å². The number of fused-ring (bicyclic) bond motifs is 1. The number of aryl methyl sites for hydroxylation is 2. The summed E-state index contributed by atoms with van der Waals surface area (Å²) in [6.07, 6.45) is 0. The van der Waals surface area contributed by atoms with Gasteiger partial charge in [-0.25, -0.2) is 4.79 Å². The normalized spacial score (nSPS) is 10.9. The van der Waals surface area contributed by atoms with Gasteiger partial charge in [0.25, 0.3) is 5.91 Å². The van der Waals surface area contributed by atoms with Gasteiger partial charge in [-0.2, -0.15) is 4.98 Å². The lowest BCUT2D eigenvalue weighted by Crippen LogP contribution is -2.33. The Labute approximate surface area is 180 Å². The Morgan fingerprint density at radius 3 is 2.61 bits per heavy atom. The Hall–Kier alpha value is -3.93. The Morgan fingerprint density at radius 2 is 1.84 bits per heavy atom. The molecule has 0 radical (unpaired) electrons. The Morgan fingerprint density at radius 1 is 1.03 bits per heavy atom. The molecule has 0 bridgehead atoms. The maximum atomic E-state index is 12.7. The van der Waals surface area contributed by atoms with Crippen molar-refractivity contribution >= 4 is 22.4 Å². The number of amides is 1. The average Bonchev–Trinajstić information content (AvgIpc) is 2.74. The van der Waals surface area contributed by atoms with Gasteiger partial charge in [0, 0.05) is 35.7 Å². The van der Waals surface area contributed by atoms with Crippen molar-refractivity contribution in [3.05, 3.63) is 94.2 Å². The fraction of sp³-hybridized carbons (Fsp3) is 0.160. The molecule has 1 amide bonds. The van der Waals surface area contributed by atoms with Crippen molar-refractivity contribution < 1.29 is 4.79 Å². The molecule has 156 valence electrons. The van der Waals surface area contributed by atoms with Crippen molar-refractivity contribution in [2.45, 2.75) is 20.4 Å². The van der Waals surface area contributed by atoms with E-state index in [0.717, 1.165) is 27.6 Å². The lowest BCUT2D eigenvalue weighted by molar-refractivity contribution is 0.0952. The fourth-order valence-electron chi connectivity index (χ4n) is 3.81. The number of aromatic nitrogens is 2. The zero-order valence-electron chi connectivity index (χ0n) is 17.6. The van der Waals surface area contributed by atoms with Crippen LogP contribution in [0, 0.1) is 13.8 Å². The van der Waals surface area contributed by atoms with E-state index in [2.05, 4.69) is 10.3 Å². The molecule has 0 saturated heterocycles. The van der Waals surface area contributed by atoms with Crippen molar-refractivity contribution in [3.8, 4) is 11.1 Å². The minimum absolute atomic E-state index is 0.179. The van der Waals surface area contributed by atoms with Crippen molar-refractivity contribution in [3.63, 3.8) is 0 Å². The van der Waals surface area contributed by atoms with Crippen LogP contribution in [0.3, 0.4) is 0 Å². The first kappa shape index (κ1) is 20.3. The van der Waals surface area contributed by atoms with Crippen LogP contribution < -0.4 is 16.7 Å². The molecule has 3 aromatic carbocycles. The van der Waals surface area contributed by atoms with Gasteiger partial charge in [-0.15, -0.1) is 0 Å². The molecule has 1 aromatic heterocycles. The molecule has 4 aromatic rings. The second-order valence-electron chi connectivity index (χ2n) is 7.60. The van der Waals surface area contributed by atoms with E-state index in [-0.39, 0.29) is 11.6 Å². The number of nitrogens with two attached hydrogens (primary N) is 1. The number of hydrogen-bond acceptors (Lipinski definition) is 4. The van der Waals surface area contributed by atoms with E-state index in [1.165, 1.54) is 0 Å². The van der Waals surface area contributed by atoms with Crippen LogP contribution in [0.25, 0.3) is 21.9 Å². The molecule has 3 N–H and O–H groups in total. The predicted molar refractivity (Wildman–Crippen MR) is 124 cm³/mol. The lowest BCUT2D eigenvalue weighted by Gasteiger charge is -2.12. The summed E-state index contributed by atoms with van der Waals surface area (Å²) in [6.45, 7) is 4.36. The molecule has 6 nitrogen and oxygen atoms in total. The quantitative estimate of drug-likeness (QED) is 0.489. The first-order valence-corrected chi connectivity index (χ1v) is 10.1. The molecule has 0 aliphatic rings. The molecular weight excluding hydrogens is 388 g/mol. The predicted octanol–water partition coefficient (Wildman–Crippen LogP) is 3.69. The first-order chi connectivity index (χ1) is 14.9. The third kappa shape index (κ3) is 4.33. The highest BCUT2D eigenvalue weighted by Crippen LogP contribution is 2.30. The second-order valence-corrected chi connectivity index (χ2v) is 7.60. The summed E-state index contributed by atoms with van der Waals surface area (Å²) in [4.78, 5) is 28.7. The molecule has 4 rings (SSSR count). The number of anilines is 1. The van der Waals surface area contributed by atoms with Crippen LogP contribution in [0.2, 0.25) is 0 Å². The fourth-order valence-corrected chi connectivity index (χ4v) is 3.81. The van der Waals surface area contributed by atoms with Crippen LogP contribution in [-0.2, 0) is 6.54 Å². The van der Waals surface area contributed by atoms with Crippen molar-refractivity contribution in [2.75, 3.05) is 12.3 Å². The number of nitrogens with one attached hydrogen (secondary N) is 1. The number of carbonyl (C=O) groups excluding carboxylic acids is 1. The zero-order valence-corrected chi connectivity index (χ0v) is 17.6. The second kappa shape index (κ2) is 8.44. The third-order valence-electron chi connectivity index (χ3n) is 5.31. The topological polar surface area (TPSA) is 90.0 Å². The van der Waals surface area contributed by atoms with E-state index in [1.54, 1.807) is 11.5 Å². The van der Waals surface area contributed by atoms with Crippen LogP contribution in [0.15, 0.2) is 71.5 Å². The Bertz CT molecular complexity index is 1340. The first-order valence-electron chi connectivity index (χ1n) is 10.1. The lowest BCUT2D eigenvalue weighted by atomic mass is 9.96. The highest BCUT2D eigenvalue weighted by Gasteiger charge is 2.10. The monoisotopic (exact) mass is 412 g/mol. The average molecular weight is 412 g/mol. The highest BCUT2D eigenvalue weighted by atomic mass is 16.2. The Balaban J connectivity index is 1.52. The third-order valence-corrected chi connectivity index (χ3v) is 5.31. The summed E-state index contributed by atoms with van der Waals surface area (Å²) in [7, 11) is 0. The number of nitrogen functional groups attached to an aromatic ring is 1. The maximum Gasteiger partial charge on any atom is 0.348 e. The summed E-state index contributed by atoms with van der Waals surface area (Å²) < 4.78 is 1.56. The van der Waals surface area contributed by atoms with Crippen molar-refractivity contribution in [2.24, 2.45) is 0 Å². The number of rotatable bonds is 5. The van der Waals surface area contributed by atoms with Gasteiger partial charge in [-0.1, -0.05) is 36.4 Å². The van der Waals surface area contributed by atoms with Crippen LogP contribution >= 0.6 is 0 Å². The molecule has 6 heteroatoms. The molecule has 0 saturated carbocycles. The maximum absolute atomic E-state index is 12.7. The minimum Gasteiger partial charge on any atom is -0.399 e. The number of benzene rings is 3. The van der Waals surface area contributed by atoms with Crippen molar-refractivity contribution in [1.29, 1.82) is 0 Å². The van der Waals surface area contributed by atoms with Gasteiger partial charge in [0.15, 0.2) is 0 Å². The molecule has 1 heterocycles. The highest BCUT2D eigenvalue weighted by molar-refractivity contribution is 6.02. The molecule has 0 aliphatic heterocycles. The molecule has 0 spiro atoms. The van der Waals surface area contributed by atoms with Crippen LogP contribution in [0.5, 0.6) is 0 Å². The summed E-state index contributed by atoms with van der Waals surface area (Å²) >= 11 is 0. The van der Waals surface area contributed by atoms with Crippen LogP contribution in [0.4, 0.5) is 5.69 Å². The van der Waals surface area contributed by atoms with E-state index in [4.69, 9.17) is 5.73 Å². The number of nitrogens with zero attached hydrogens (tertiary/aromatic N) is 2. The summed E-state index contributed by atoms with van der Waals surface area (Å²) in [5, 5.41) is 4.92. The SMILES string of the molecule is Cc1cc(C)n(CCNC(=O)c2ccc3c(-c4cccc(N)c4)cccc3c2)c(=O)n1. The molecule has 0 atom stereocenters. The molecule has 0 aliphatic carbocycles. The molecule has 0 unspecified atom stereocenters. The van der Waals surface area contributed by atoms with Gasteiger partial charge in [0.05, 0.1) is 0 Å². The molecule has 0 fully saturated rings. The van der Waals surface area contributed by atoms with Gasteiger partial charge in [0.2, 0.25) is 0 Å². The number of hydrogen-bond donors (Lipinski definition) is 2. The van der Waals surface area contributed by atoms with Crippen LogP contribution in [0.1, 0.15) is 21.7 Å². The zero-order chi connectivity index (χ0) is 22.0. The van der Waals surface area contributed by atoms with E-state index < -0.39 is 0 Å². The summed E-state index contributed by atoms with van der Waals surface area (Å²) in [5.74, 6) is -0.179. The van der Waals surface area contributed by atoms with Gasteiger partial charge >= 0.3 is 5.69 Å². The standard InChI is InChI=1S/C25H24N4O2/c1-16-13-17(2)29(25(31)28-16)12-11-27-24(30)20-9-10-23-18(14-20)6-4-8-22(23)19-5-3-7-21(26)15-19/h3-10,13-15H,11-12,26H2,1-2H3,(H,27,30). The van der Waals surface area contributed by atoms with Gasteiger partial charge < -0.3 is 11.1 Å². The summed E-state index contributed by atoms with van der Waals surface area (Å²) in [6, 6.07) is 21.3. The van der Waals surface area contributed by atoms with E-state index in [9.17, 15) is 9.59 Å². The van der Waals surface area contributed by atoms with E-state index >= 15 is 0 Å².